The van der Waals surface area contributed by atoms with Crippen LogP contribution in [-0.2, 0) is 11.3 Å². The number of hydrogen-bond donors (Lipinski definition) is 1. The van der Waals surface area contributed by atoms with Crippen LogP contribution in [0.2, 0.25) is 0 Å². The molecule has 0 fully saturated rings. The minimum atomic E-state index is -0.321. The van der Waals surface area contributed by atoms with Crippen molar-refractivity contribution in [2.45, 2.75) is 52.4 Å². The van der Waals surface area contributed by atoms with Crippen LogP contribution >= 0.6 is 23.1 Å². The summed E-state index contributed by atoms with van der Waals surface area (Å²) in [7, 11) is 1.62. The van der Waals surface area contributed by atoms with E-state index >= 15 is 0 Å². The van der Waals surface area contributed by atoms with E-state index < -0.39 is 0 Å². The first-order chi connectivity index (χ1) is 15.3. The first-order valence-corrected chi connectivity index (χ1v) is 12.2. The van der Waals surface area contributed by atoms with Gasteiger partial charge in [-0.05, 0) is 38.8 Å². The molecule has 10 heteroatoms. The normalized spacial score (nSPS) is 12.1. The second kappa shape index (κ2) is 10.8. The van der Waals surface area contributed by atoms with E-state index in [0.29, 0.717) is 22.0 Å². The molecule has 0 aliphatic carbocycles. The van der Waals surface area contributed by atoms with Gasteiger partial charge in [0.15, 0.2) is 22.2 Å². The van der Waals surface area contributed by atoms with E-state index in [0.717, 1.165) is 28.7 Å². The Balaban J connectivity index is 1.70. The molecular formula is C22H29N5O3S2. The topological polar surface area (TPSA) is 91.2 Å². The zero-order valence-corrected chi connectivity index (χ0v) is 20.8. The minimum Gasteiger partial charge on any atom is -0.497 e. The van der Waals surface area contributed by atoms with Crippen LogP contribution in [0.25, 0.3) is 0 Å². The molecule has 1 atom stereocenters. The predicted molar refractivity (Wildman–Crippen MR) is 128 cm³/mol. The first-order valence-electron chi connectivity index (χ1n) is 10.4. The maximum Gasteiger partial charge on any atom is 0.236 e. The van der Waals surface area contributed by atoms with Crippen molar-refractivity contribution in [1.82, 2.24) is 19.7 Å². The molecule has 0 saturated heterocycles. The van der Waals surface area contributed by atoms with Crippen molar-refractivity contribution < 1.29 is 14.3 Å². The van der Waals surface area contributed by atoms with Gasteiger partial charge in [-0.25, -0.2) is 4.98 Å². The van der Waals surface area contributed by atoms with E-state index in [1.807, 2.05) is 49.6 Å². The van der Waals surface area contributed by atoms with Crippen molar-refractivity contribution in [3.8, 4) is 11.5 Å². The average Bonchev–Trinajstić information content (AvgIpc) is 3.28. The van der Waals surface area contributed by atoms with E-state index in [-0.39, 0.29) is 17.8 Å². The Morgan fingerprint density at radius 1 is 1.22 bits per heavy atom. The molecule has 1 aromatic carbocycles. The summed E-state index contributed by atoms with van der Waals surface area (Å²) in [6, 6.07) is 7.46. The van der Waals surface area contributed by atoms with Crippen molar-refractivity contribution >= 4 is 34.1 Å². The molecule has 2 aromatic heterocycles. The SMILES string of the molecule is COc1cccc(OC(C)c2nnc(SCC(=O)Nc3nc(C)c(C)s3)n2CC(C)C)c1. The van der Waals surface area contributed by atoms with Gasteiger partial charge in [-0.1, -0.05) is 31.7 Å². The zero-order chi connectivity index (χ0) is 23.3. The minimum absolute atomic E-state index is 0.120. The highest BCUT2D eigenvalue weighted by Gasteiger charge is 2.21. The number of carbonyl (C=O) groups is 1. The van der Waals surface area contributed by atoms with Gasteiger partial charge >= 0.3 is 0 Å². The highest BCUT2D eigenvalue weighted by atomic mass is 32.2. The summed E-state index contributed by atoms with van der Waals surface area (Å²) in [4.78, 5) is 17.9. The zero-order valence-electron chi connectivity index (χ0n) is 19.2. The van der Waals surface area contributed by atoms with E-state index in [1.165, 1.54) is 23.1 Å². The lowest BCUT2D eigenvalue weighted by molar-refractivity contribution is -0.113. The first kappa shape index (κ1) is 24.1. The van der Waals surface area contributed by atoms with Gasteiger partial charge in [0.2, 0.25) is 5.91 Å². The van der Waals surface area contributed by atoms with Crippen molar-refractivity contribution in [1.29, 1.82) is 0 Å². The Morgan fingerprint density at radius 2 is 1.97 bits per heavy atom. The Bertz CT molecular complexity index is 1040. The van der Waals surface area contributed by atoms with Crippen LogP contribution in [0.4, 0.5) is 5.13 Å². The molecule has 0 spiro atoms. The fourth-order valence-corrected chi connectivity index (χ4v) is 4.57. The summed E-state index contributed by atoms with van der Waals surface area (Å²) in [6.45, 7) is 10.8. The van der Waals surface area contributed by atoms with E-state index in [2.05, 4.69) is 34.3 Å². The van der Waals surface area contributed by atoms with Crippen LogP contribution < -0.4 is 14.8 Å². The van der Waals surface area contributed by atoms with Crippen LogP contribution in [-0.4, -0.2) is 38.5 Å². The highest BCUT2D eigenvalue weighted by molar-refractivity contribution is 7.99. The number of aryl methyl sites for hydroxylation is 2. The molecule has 3 aromatic rings. The molecule has 8 nitrogen and oxygen atoms in total. The average molecular weight is 476 g/mol. The molecule has 1 unspecified atom stereocenters. The number of methoxy groups -OCH3 is 1. The van der Waals surface area contributed by atoms with Crippen molar-refractivity contribution in [3.05, 3.63) is 40.7 Å². The highest BCUT2D eigenvalue weighted by Crippen LogP contribution is 2.28. The van der Waals surface area contributed by atoms with Crippen LogP contribution in [0, 0.1) is 19.8 Å². The van der Waals surface area contributed by atoms with Gasteiger partial charge in [0, 0.05) is 17.5 Å². The number of amides is 1. The fourth-order valence-electron chi connectivity index (χ4n) is 2.99. The Labute approximate surface area is 196 Å². The number of carbonyl (C=O) groups excluding carboxylic acids is 1. The Kier molecular flexibility index (Phi) is 8.14. The van der Waals surface area contributed by atoms with Crippen molar-refractivity contribution in [2.75, 3.05) is 18.2 Å². The van der Waals surface area contributed by atoms with Crippen molar-refractivity contribution in [2.24, 2.45) is 5.92 Å². The van der Waals surface area contributed by atoms with Gasteiger partial charge < -0.3 is 19.4 Å². The van der Waals surface area contributed by atoms with Crippen LogP contribution in [0.5, 0.6) is 11.5 Å². The van der Waals surface area contributed by atoms with Crippen LogP contribution in [0.1, 0.15) is 43.3 Å². The lowest BCUT2D eigenvalue weighted by atomic mass is 10.2. The standard InChI is InChI=1S/C22H29N5O3S2/c1-13(2)11-27-20(15(4)30-18-9-7-8-17(10-18)29-6)25-26-22(27)31-12-19(28)24-21-23-14(3)16(5)32-21/h7-10,13,15H,11-12H2,1-6H3,(H,23,24,28). The second-order valence-electron chi connectivity index (χ2n) is 7.78. The number of nitrogens with one attached hydrogen (secondary N) is 1. The quantitative estimate of drug-likeness (QED) is 0.418. The molecule has 1 amide bonds. The number of nitrogens with zero attached hydrogens (tertiary/aromatic N) is 4. The number of hydrogen-bond acceptors (Lipinski definition) is 8. The largest absolute Gasteiger partial charge is 0.497 e. The Hall–Kier alpha value is -2.59. The summed E-state index contributed by atoms with van der Waals surface area (Å²) in [5.74, 6) is 2.62. The van der Waals surface area contributed by atoms with Gasteiger partial charge in [-0.15, -0.1) is 21.5 Å². The number of benzene rings is 1. The summed E-state index contributed by atoms with van der Waals surface area (Å²) in [6.07, 6.45) is -0.321. The maximum absolute atomic E-state index is 12.4. The van der Waals surface area contributed by atoms with E-state index in [9.17, 15) is 4.79 Å². The third-order valence-electron chi connectivity index (χ3n) is 4.62. The molecule has 0 radical (unpaired) electrons. The van der Waals surface area contributed by atoms with E-state index in [1.54, 1.807) is 7.11 Å². The summed E-state index contributed by atoms with van der Waals surface area (Å²) in [5.41, 5.74) is 0.935. The van der Waals surface area contributed by atoms with Crippen LogP contribution in [0.3, 0.4) is 0 Å². The number of aromatic nitrogens is 4. The third kappa shape index (κ3) is 6.23. The second-order valence-corrected chi connectivity index (χ2v) is 9.93. The van der Waals surface area contributed by atoms with Gasteiger partial charge in [0.25, 0.3) is 0 Å². The number of rotatable bonds is 10. The molecule has 3 rings (SSSR count). The lowest BCUT2D eigenvalue weighted by Crippen LogP contribution is -2.17. The molecule has 0 aliphatic rings. The third-order valence-corrected chi connectivity index (χ3v) is 6.57. The smallest absolute Gasteiger partial charge is 0.236 e. The monoisotopic (exact) mass is 475 g/mol. The predicted octanol–water partition coefficient (Wildman–Crippen LogP) is 4.89. The fraction of sp³-hybridized carbons (Fsp3) is 0.455. The molecular weight excluding hydrogens is 446 g/mol. The number of thiazole rings is 1. The molecule has 1 N–H and O–H groups in total. The summed E-state index contributed by atoms with van der Waals surface area (Å²) < 4.78 is 13.4. The van der Waals surface area contributed by atoms with Gasteiger partial charge in [0.1, 0.15) is 11.5 Å². The van der Waals surface area contributed by atoms with Crippen molar-refractivity contribution in [3.63, 3.8) is 0 Å². The molecule has 0 saturated carbocycles. The molecule has 0 bridgehead atoms. The van der Waals surface area contributed by atoms with E-state index in [4.69, 9.17) is 9.47 Å². The van der Waals surface area contributed by atoms with Crippen LogP contribution in [0.15, 0.2) is 29.4 Å². The molecule has 32 heavy (non-hydrogen) atoms. The molecule has 172 valence electrons. The number of anilines is 1. The summed E-state index contributed by atoms with van der Waals surface area (Å²) >= 11 is 2.83. The molecule has 0 aliphatic heterocycles. The number of ether oxygens (including phenoxy) is 2. The lowest BCUT2D eigenvalue weighted by Gasteiger charge is -2.18. The van der Waals surface area contributed by atoms with Gasteiger partial charge in [-0.3, -0.25) is 4.79 Å². The van der Waals surface area contributed by atoms with Gasteiger partial charge in [0.05, 0.1) is 18.6 Å². The summed E-state index contributed by atoms with van der Waals surface area (Å²) in [5, 5.41) is 12.9. The molecule has 2 heterocycles. The van der Waals surface area contributed by atoms with Gasteiger partial charge in [-0.2, -0.15) is 0 Å². The Morgan fingerprint density at radius 3 is 2.62 bits per heavy atom. The maximum atomic E-state index is 12.4. The number of thioether (sulfide) groups is 1.